The smallest absolute Gasteiger partial charge is 0.271 e. The Hall–Kier alpha value is -4.07. The van der Waals surface area contributed by atoms with E-state index in [4.69, 9.17) is 4.74 Å². The highest BCUT2D eigenvalue weighted by Crippen LogP contribution is 2.35. The zero-order valence-corrected chi connectivity index (χ0v) is 17.8. The molecule has 0 heterocycles. The summed E-state index contributed by atoms with van der Waals surface area (Å²) in [6.45, 7) is 3.64. The van der Waals surface area contributed by atoms with Crippen LogP contribution in [0.15, 0.2) is 73.3 Å². The Morgan fingerprint density at radius 2 is 1.49 bits per heavy atom. The third-order valence-corrected chi connectivity index (χ3v) is 5.27. The Morgan fingerprint density at radius 1 is 0.771 bits per heavy atom. The number of ether oxygens (including phenoxy) is 1. The monoisotopic (exact) mass is 488 g/mol. The van der Waals surface area contributed by atoms with Crippen LogP contribution in [0.25, 0.3) is 39.1 Å². The van der Waals surface area contributed by atoms with Gasteiger partial charge >= 0.3 is 0 Å². The molecule has 178 valence electrons. The lowest BCUT2D eigenvalue weighted by Crippen LogP contribution is -1.97. The number of benzene rings is 4. The number of hydrogen-bond donors (Lipinski definition) is 0. The highest BCUT2D eigenvalue weighted by atomic mass is 19.3. The molecule has 0 aromatic heterocycles. The summed E-state index contributed by atoms with van der Waals surface area (Å²) in [5.41, 5.74) is -1.61. The van der Waals surface area contributed by atoms with Crippen LogP contribution in [-0.2, 0) is 0 Å². The molecule has 4 aromatic carbocycles. The van der Waals surface area contributed by atoms with Crippen LogP contribution < -0.4 is 4.74 Å². The van der Waals surface area contributed by atoms with E-state index in [0.29, 0.717) is 0 Å². The van der Waals surface area contributed by atoms with E-state index in [-0.39, 0.29) is 45.9 Å². The Labute approximate surface area is 195 Å². The third kappa shape index (κ3) is 4.77. The van der Waals surface area contributed by atoms with Crippen molar-refractivity contribution >= 4 is 16.8 Å². The molecule has 0 aliphatic heterocycles. The van der Waals surface area contributed by atoms with Gasteiger partial charge in [0.05, 0.1) is 11.1 Å². The summed E-state index contributed by atoms with van der Waals surface area (Å²) >= 11 is 0. The van der Waals surface area contributed by atoms with Crippen molar-refractivity contribution in [2.75, 3.05) is 6.61 Å². The van der Waals surface area contributed by atoms with Gasteiger partial charge in [-0.05, 0) is 52.9 Å². The summed E-state index contributed by atoms with van der Waals surface area (Å²) in [5, 5.41) is -0.293. The lowest BCUT2D eigenvalue weighted by Gasteiger charge is -2.12. The van der Waals surface area contributed by atoms with Gasteiger partial charge in [-0.25, -0.2) is 22.0 Å². The van der Waals surface area contributed by atoms with Crippen LogP contribution in [-0.4, -0.2) is 6.61 Å². The maximum Gasteiger partial charge on any atom is 0.271 e. The molecule has 0 unspecified atom stereocenters. The van der Waals surface area contributed by atoms with E-state index in [0.717, 1.165) is 36.4 Å². The zero-order valence-electron chi connectivity index (χ0n) is 17.8. The SMILES string of the molecule is C=CCOc1ccc(-c2cc(F)c(-c3ccc4c(F)c(C=C(F)F)c(F)cc4c3)c(F)c2)c(F)c1. The average molecular weight is 488 g/mol. The van der Waals surface area contributed by atoms with Gasteiger partial charge in [0.2, 0.25) is 0 Å². The van der Waals surface area contributed by atoms with Crippen molar-refractivity contribution in [3.05, 3.63) is 108 Å². The minimum Gasteiger partial charge on any atom is -0.489 e. The van der Waals surface area contributed by atoms with Crippen LogP contribution in [0.2, 0.25) is 0 Å². The maximum absolute atomic E-state index is 15.0. The highest BCUT2D eigenvalue weighted by Gasteiger charge is 2.19. The van der Waals surface area contributed by atoms with Crippen LogP contribution in [0.5, 0.6) is 5.75 Å². The molecule has 0 atom stereocenters. The molecule has 0 radical (unpaired) electrons. The fourth-order valence-electron chi connectivity index (χ4n) is 3.72. The molecule has 1 nitrogen and oxygen atoms in total. The van der Waals surface area contributed by atoms with Crippen molar-refractivity contribution in [3.63, 3.8) is 0 Å². The van der Waals surface area contributed by atoms with Crippen molar-refractivity contribution < 1.29 is 35.5 Å². The van der Waals surface area contributed by atoms with Gasteiger partial charge in [-0.3, -0.25) is 0 Å². The van der Waals surface area contributed by atoms with Crippen molar-refractivity contribution in [2.24, 2.45) is 0 Å². The number of rotatable bonds is 6. The quantitative estimate of drug-likeness (QED) is 0.195. The van der Waals surface area contributed by atoms with Gasteiger partial charge in [-0.2, -0.15) is 8.78 Å². The summed E-state index contributed by atoms with van der Waals surface area (Å²) in [4.78, 5) is 0. The molecule has 0 fully saturated rings. The van der Waals surface area contributed by atoms with Gasteiger partial charge in [0.1, 0.15) is 41.4 Å². The molecular weight excluding hydrogens is 473 g/mol. The van der Waals surface area contributed by atoms with Crippen molar-refractivity contribution in [1.82, 2.24) is 0 Å². The minimum atomic E-state index is -2.28. The second-order valence-corrected chi connectivity index (χ2v) is 7.51. The van der Waals surface area contributed by atoms with E-state index in [9.17, 15) is 30.7 Å². The van der Waals surface area contributed by atoms with Crippen molar-refractivity contribution in [3.8, 4) is 28.0 Å². The van der Waals surface area contributed by atoms with Crippen LogP contribution in [0.4, 0.5) is 30.7 Å². The predicted octanol–water partition coefficient (Wildman–Crippen LogP) is 8.67. The summed E-state index contributed by atoms with van der Waals surface area (Å²) in [6.07, 6.45) is -0.740. The summed E-state index contributed by atoms with van der Waals surface area (Å²) in [6, 6.07) is 9.92. The first-order valence-electron chi connectivity index (χ1n) is 10.2. The molecule has 35 heavy (non-hydrogen) atoms. The van der Waals surface area contributed by atoms with Crippen LogP contribution in [0.3, 0.4) is 0 Å². The van der Waals surface area contributed by atoms with Gasteiger partial charge < -0.3 is 4.74 Å². The molecule has 4 rings (SSSR count). The Kier molecular flexibility index (Phi) is 6.64. The molecule has 0 aliphatic carbocycles. The molecule has 0 bridgehead atoms. The van der Waals surface area contributed by atoms with Crippen LogP contribution >= 0.6 is 0 Å². The Morgan fingerprint density at radius 3 is 2.11 bits per heavy atom. The van der Waals surface area contributed by atoms with Gasteiger partial charge in [0.15, 0.2) is 0 Å². The molecule has 0 spiro atoms. The highest BCUT2D eigenvalue weighted by molar-refractivity contribution is 5.90. The average Bonchev–Trinajstić information content (AvgIpc) is 2.79. The molecule has 0 N–H and O–H groups in total. The van der Waals surface area contributed by atoms with Crippen molar-refractivity contribution in [1.29, 1.82) is 0 Å². The number of fused-ring (bicyclic) bond motifs is 1. The van der Waals surface area contributed by atoms with E-state index in [1.54, 1.807) is 0 Å². The molecule has 0 aliphatic rings. The van der Waals surface area contributed by atoms with E-state index < -0.39 is 46.3 Å². The van der Waals surface area contributed by atoms with Crippen LogP contribution in [0.1, 0.15) is 5.56 Å². The molecule has 0 amide bonds. The lowest BCUT2D eigenvalue weighted by molar-refractivity contribution is 0.361. The van der Waals surface area contributed by atoms with Gasteiger partial charge in [-0.15, -0.1) is 0 Å². The summed E-state index contributed by atoms with van der Waals surface area (Å²) < 4.78 is 104. The van der Waals surface area contributed by atoms with E-state index in [2.05, 4.69) is 6.58 Å². The first-order chi connectivity index (χ1) is 16.7. The first kappa shape index (κ1) is 24.1. The topological polar surface area (TPSA) is 9.23 Å². The predicted molar refractivity (Wildman–Crippen MR) is 120 cm³/mol. The van der Waals surface area contributed by atoms with Gasteiger partial charge in [-0.1, -0.05) is 24.8 Å². The van der Waals surface area contributed by atoms with Crippen molar-refractivity contribution in [2.45, 2.75) is 0 Å². The van der Waals surface area contributed by atoms with E-state index in [1.165, 1.54) is 24.3 Å². The normalized spacial score (nSPS) is 10.9. The fraction of sp³-hybridized carbons (Fsp3) is 0.0370. The second kappa shape index (κ2) is 9.66. The molecule has 8 heteroatoms. The zero-order chi connectivity index (χ0) is 25.3. The minimum absolute atomic E-state index is 0.0496. The van der Waals surface area contributed by atoms with Gasteiger partial charge in [0.25, 0.3) is 6.08 Å². The lowest BCUT2D eigenvalue weighted by atomic mass is 9.96. The Balaban J connectivity index is 1.77. The van der Waals surface area contributed by atoms with E-state index in [1.807, 2.05) is 0 Å². The second-order valence-electron chi connectivity index (χ2n) is 7.51. The van der Waals surface area contributed by atoms with Gasteiger partial charge in [0, 0.05) is 23.1 Å². The summed E-state index contributed by atoms with van der Waals surface area (Å²) in [7, 11) is 0. The molecule has 0 saturated carbocycles. The largest absolute Gasteiger partial charge is 0.489 e. The fourth-order valence-corrected chi connectivity index (χ4v) is 3.72. The van der Waals surface area contributed by atoms with E-state index >= 15 is 0 Å². The number of halogens is 7. The third-order valence-electron chi connectivity index (χ3n) is 5.27. The molecule has 4 aromatic rings. The number of hydrogen-bond acceptors (Lipinski definition) is 1. The standard InChI is InChI=1S/C27H15F7O/c1-2-7-35-17-4-6-18(22(29)12-17)16-10-23(30)26(24(31)11-16)14-3-5-19-15(8-14)9-21(28)20(27(19)34)13-25(32)33/h2-6,8-13H,1,7H2. The molecular formula is C27H15F7O. The maximum atomic E-state index is 15.0. The summed E-state index contributed by atoms with van der Waals surface area (Å²) in [5.74, 6) is -5.10. The first-order valence-corrected chi connectivity index (χ1v) is 10.2. The Bertz CT molecular complexity index is 1460. The molecule has 0 saturated heterocycles. The van der Waals surface area contributed by atoms with Crippen LogP contribution in [0, 0.1) is 29.1 Å².